The quantitative estimate of drug-likeness (QED) is 0.332. The normalized spacial score (nSPS) is 22.5. The summed E-state index contributed by atoms with van der Waals surface area (Å²) in [5.74, 6) is 7.47. The van der Waals surface area contributed by atoms with Gasteiger partial charge in [0.1, 0.15) is 11.9 Å². The van der Waals surface area contributed by atoms with Crippen LogP contribution in [0.25, 0.3) is 0 Å². The van der Waals surface area contributed by atoms with Crippen molar-refractivity contribution in [3.05, 3.63) is 89.7 Å². The summed E-state index contributed by atoms with van der Waals surface area (Å²) in [4.78, 5) is 36.9. The van der Waals surface area contributed by atoms with E-state index in [0.717, 1.165) is 36.2 Å². The van der Waals surface area contributed by atoms with E-state index < -0.39 is 0 Å². The molecule has 1 aromatic carbocycles. The molecule has 0 spiro atoms. The van der Waals surface area contributed by atoms with Crippen molar-refractivity contribution in [1.29, 1.82) is 0 Å². The molecule has 1 aromatic heterocycles. The summed E-state index contributed by atoms with van der Waals surface area (Å²) in [6, 6.07) is 10.2. The van der Waals surface area contributed by atoms with Gasteiger partial charge in [0.25, 0.3) is 11.7 Å². The van der Waals surface area contributed by atoms with Crippen molar-refractivity contribution in [2.75, 3.05) is 25.6 Å². The molecule has 5 rings (SSSR count). The number of anilines is 1. The second-order valence-electron chi connectivity index (χ2n) is 9.10. The van der Waals surface area contributed by atoms with Gasteiger partial charge in [-0.25, -0.2) is 0 Å². The van der Waals surface area contributed by atoms with Crippen LogP contribution in [-0.2, 0) is 9.53 Å². The summed E-state index contributed by atoms with van der Waals surface area (Å²) < 4.78 is 4.88. The molecule has 2 aromatic rings. The van der Waals surface area contributed by atoms with Gasteiger partial charge in [-0.1, -0.05) is 6.08 Å². The lowest BCUT2D eigenvalue weighted by atomic mass is 9.98. The molecule has 194 valence electrons. The Hall–Kier alpha value is -4.32. The average molecular weight is 514 g/mol. The van der Waals surface area contributed by atoms with Crippen LogP contribution in [0.15, 0.2) is 88.5 Å². The van der Waals surface area contributed by atoms with Gasteiger partial charge < -0.3 is 15.0 Å². The summed E-state index contributed by atoms with van der Waals surface area (Å²) in [5.41, 5.74) is 2.66. The van der Waals surface area contributed by atoms with Crippen molar-refractivity contribution < 1.29 is 18.9 Å². The number of hydrogen-bond acceptors (Lipinski definition) is 8. The molecule has 2 unspecified atom stereocenters. The Bertz CT molecular complexity index is 1360. The van der Waals surface area contributed by atoms with E-state index in [1.807, 2.05) is 17.0 Å². The number of aromatic nitrogens is 2. The number of rotatable bonds is 7. The van der Waals surface area contributed by atoms with Gasteiger partial charge in [-0.15, -0.1) is 9.69 Å². The smallest absolute Gasteiger partial charge is 0.264 e. The van der Waals surface area contributed by atoms with E-state index in [-0.39, 0.29) is 22.4 Å². The van der Waals surface area contributed by atoms with Gasteiger partial charge in [0.15, 0.2) is 5.82 Å². The SMILES string of the molecule is COC/C=C/C(=O)N1CCCCC1C1=C2C=NC=C[N+]2(N)C(c2ccc(C(=O)Nc3cccnn3)cc2)=N1. The van der Waals surface area contributed by atoms with Gasteiger partial charge in [0.2, 0.25) is 11.6 Å². The summed E-state index contributed by atoms with van der Waals surface area (Å²) in [6.07, 6.45) is 12.6. The lowest BCUT2D eigenvalue weighted by molar-refractivity contribution is -0.750. The molecule has 1 saturated heterocycles. The van der Waals surface area contributed by atoms with Gasteiger partial charge >= 0.3 is 0 Å². The number of hydrogen-bond donors (Lipinski definition) is 2. The molecule has 3 aliphatic heterocycles. The highest BCUT2D eigenvalue weighted by Crippen LogP contribution is 2.36. The number of aliphatic imine (C=N–C) groups is 2. The van der Waals surface area contributed by atoms with Crippen molar-refractivity contribution in [3.8, 4) is 0 Å². The highest BCUT2D eigenvalue weighted by atomic mass is 16.5. The van der Waals surface area contributed by atoms with Crippen LogP contribution >= 0.6 is 0 Å². The Morgan fingerprint density at radius 3 is 2.84 bits per heavy atom. The number of piperidine rings is 1. The Labute approximate surface area is 220 Å². The van der Waals surface area contributed by atoms with Crippen molar-refractivity contribution in [2.24, 2.45) is 15.8 Å². The first-order chi connectivity index (χ1) is 18.5. The molecule has 2 atom stereocenters. The fourth-order valence-corrected chi connectivity index (χ4v) is 4.80. The molecule has 3 N–H and O–H groups in total. The molecule has 0 aliphatic carbocycles. The number of nitrogens with two attached hydrogens (primary N) is 1. The number of amides is 2. The highest BCUT2D eigenvalue weighted by Gasteiger charge is 2.47. The van der Waals surface area contributed by atoms with E-state index in [2.05, 4.69) is 20.5 Å². The second kappa shape index (κ2) is 11.0. The third-order valence-corrected chi connectivity index (χ3v) is 6.67. The fourth-order valence-electron chi connectivity index (χ4n) is 4.80. The molecule has 38 heavy (non-hydrogen) atoms. The van der Waals surface area contributed by atoms with Crippen molar-refractivity contribution >= 4 is 29.7 Å². The molecule has 0 bridgehead atoms. The van der Waals surface area contributed by atoms with E-state index in [1.165, 1.54) is 6.20 Å². The number of allylic oxidation sites excluding steroid dienone is 1. The van der Waals surface area contributed by atoms with Gasteiger partial charge in [0, 0.05) is 31.5 Å². The number of quaternary nitrogens is 1. The van der Waals surface area contributed by atoms with Crippen LogP contribution in [0.1, 0.15) is 35.2 Å². The van der Waals surface area contributed by atoms with Crippen LogP contribution in [0.2, 0.25) is 0 Å². The molecule has 11 nitrogen and oxygen atoms in total. The number of methoxy groups -OCH3 is 1. The maximum atomic E-state index is 13.0. The molecule has 0 saturated carbocycles. The highest BCUT2D eigenvalue weighted by molar-refractivity contribution is 6.05. The van der Waals surface area contributed by atoms with Crippen LogP contribution in [0.4, 0.5) is 5.82 Å². The molecule has 2 amide bonds. The summed E-state index contributed by atoms with van der Waals surface area (Å²) in [6.45, 7) is 1.00. The average Bonchev–Trinajstić information content (AvgIpc) is 3.26. The van der Waals surface area contributed by atoms with Gasteiger partial charge in [-0.05, 0) is 55.7 Å². The monoisotopic (exact) mass is 513 g/mol. The minimum absolute atomic E-state index is 0.0830. The van der Waals surface area contributed by atoms with Gasteiger partial charge in [0.05, 0.1) is 30.6 Å². The predicted octanol–water partition coefficient (Wildman–Crippen LogP) is 2.53. The minimum atomic E-state index is -0.301. The van der Waals surface area contributed by atoms with Gasteiger partial charge in [-0.2, -0.15) is 15.9 Å². The summed E-state index contributed by atoms with van der Waals surface area (Å²) in [7, 11) is 1.59. The van der Waals surface area contributed by atoms with E-state index in [4.69, 9.17) is 15.6 Å². The topological polar surface area (TPSA) is 135 Å². The van der Waals surface area contributed by atoms with Crippen molar-refractivity contribution in [2.45, 2.75) is 25.3 Å². The molecular formula is C27H29N8O3+. The Morgan fingerprint density at radius 2 is 2.08 bits per heavy atom. The molecule has 11 heteroatoms. The van der Waals surface area contributed by atoms with Crippen molar-refractivity contribution in [3.63, 3.8) is 0 Å². The zero-order valence-corrected chi connectivity index (χ0v) is 21.0. The number of ether oxygens (including phenoxy) is 1. The van der Waals surface area contributed by atoms with E-state index in [0.29, 0.717) is 30.4 Å². The first-order valence-corrected chi connectivity index (χ1v) is 12.4. The number of fused-ring (bicyclic) bond motifs is 1. The number of benzene rings is 1. The molecule has 1 fully saturated rings. The maximum absolute atomic E-state index is 13.0. The standard InChI is InChI=1S/C27H28N8O3/c1-38-17-5-8-24(36)34-15-3-2-6-21(34)25-22-18-29-14-16-35(22,28)26(32-25)19-9-11-20(12-10-19)27(37)31-23-7-4-13-30-33-23/h4-5,7-14,16,18,21H,2-3,6,15,17,28H2,1H3/p+1/b8-5+. The fraction of sp³-hybridized carbons (Fsp3) is 0.259. The summed E-state index contributed by atoms with van der Waals surface area (Å²) in [5, 5.41) is 10.4. The van der Waals surface area contributed by atoms with E-state index in [1.54, 1.807) is 62.1 Å². The number of likely N-dealkylation sites (tertiary alicyclic amines) is 1. The second-order valence-corrected chi connectivity index (χ2v) is 9.10. The van der Waals surface area contributed by atoms with E-state index >= 15 is 0 Å². The van der Waals surface area contributed by atoms with Crippen LogP contribution < -0.4 is 11.2 Å². The Balaban J connectivity index is 1.44. The summed E-state index contributed by atoms with van der Waals surface area (Å²) >= 11 is 0. The maximum Gasteiger partial charge on any atom is 0.264 e. The van der Waals surface area contributed by atoms with Crippen LogP contribution in [0, 0.1) is 0 Å². The van der Waals surface area contributed by atoms with E-state index in [9.17, 15) is 9.59 Å². The number of carbonyl (C=O) groups is 2. The van der Waals surface area contributed by atoms with Crippen LogP contribution in [-0.4, -0.2) is 69.9 Å². The first kappa shape index (κ1) is 25.3. The molecule has 3 aliphatic rings. The Kier molecular flexibility index (Phi) is 7.31. The number of amidine groups is 1. The molecule has 0 radical (unpaired) electrons. The van der Waals surface area contributed by atoms with Crippen LogP contribution in [0.3, 0.4) is 0 Å². The molecular weight excluding hydrogens is 484 g/mol. The third kappa shape index (κ3) is 4.94. The largest absolute Gasteiger partial charge is 0.381 e. The molecule has 4 heterocycles. The first-order valence-electron chi connectivity index (χ1n) is 12.4. The zero-order valence-electron chi connectivity index (χ0n) is 21.0. The van der Waals surface area contributed by atoms with Crippen molar-refractivity contribution in [1.82, 2.24) is 15.1 Å². The van der Waals surface area contributed by atoms with Crippen LogP contribution in [0.5, 0.6) is 0 Å². The third-order valence-electron chi connectivity index (χ3n) is 6.67. The lowest BCUT2D eigenvalue weighted by Crippen LogP contribution is -2.53. The predicted molar refractivity (Wildman–Crippen MR) is 142 cm³/mol. The number of nitrogens with zero attached hydrogens (tertiary/aromatic N) is 6. The zero-order chi connectivity index (χ0) is 26.5. The Morgan fingerprint density at radius 1 is 1.24 bits per heavy atom. The lowest BCUT2D eigenvalue weighted by Gasteiger charge is -2.35. The van der Waals surface area contributed by atoms with Gasteiger partial charge in [-0.3, -0.25) is 14.6 Å². The number of carbonyl (C=O) groups excluding carboxylic acids is 2. The number of nitrogens with one attached hydrogen (secondary N) is 1. The minimum Gasteiger partial charge on any atom is -0.381 e.